The maximum Gasteiger partial charge on any atom is 0.276 e. The van der Waals surface area contributed by atoms with Gasteiger partial charge in [-0.3, -0.25) is 15.3 Å². The number of nitrogens with two attached hydrogens (primary N) is 1. The van der Waals surface area contributed by atoms with Crippen molar-refractivity contribution in [2.24, 2.45) is 11.1 Å². The van der Waals surface area contributed by atoms with E-state index in [1.165, 1.54) is 0 Å². The van der Waals surface area contributed by atoms with Gasteiger partial charge in [-0.1, -0.05) is 42.3 Å². The van der Waals surface area contributed by atoms with Crippen LogP contribution in [0.2, 0.25) is 5.02 Å². The molecule has 9 heteroatoms. The van der Waals surface area contributed by atoms with E-state index in [1.807, 2.05) is 16.8 Å². The molecule has 0 bridgehead atoms. The molecule has 1 aromatic carbocycles. The fourth-order valence-corrected chi connectivity index (χ4v) is 3.45. The van der Waals surface area contributed by atoms with Crippen molar-refractivity contribution in [3.8, 4) is 11.3 Å². The van der Waals surface area contributed by atoms with Crippen molar-refractivity contribution in [3.05, 3.63) is 40.5 Å². The molecule has 8 nitrogen and oxygen atoms in total. The van der Waals surface area contributed by atoms with Gasteiger partial charge in [-0.25, -0.2) is 10.4 Å². The van der Waals surface area contributed by atoms with Crippen molar-refractivity contribution in [1.82, 2.24) is 20.2 Å². The van der Waals surface area contributed by atoms with Crippen LogP contribution in [0.15, 0.2) is 29.5 Å². The number of fused-ring (bicyclic) bond motifs is 1. The van der Waals surface area contributed by atoms with E-state index < -0.39 is 5.91 Å². The number of carbonyl (C=O) groups excluding carboxylic acids is 1. The SMILES string of the molecule is CCCC1CN(N)Cc2c(C(=O)NN=N)c(-c3cccc(Cl)c3)nn21. The highest BCUT2D eigenvalue weighted by molar-refractivity contribution is 6.30. The van der Waals surface area contributed by atoms with E-state index in [0.717, 1.165) is 24.1 Å². The van der Waals surface area contributed by atoms with E-state index in [9.17, 15) is 4.79 Å². The Morgan fingerprint density at radius 2 is 2.36 bits per heavy atom. The van der Waals surface area contributed by atoms with Crippen LogP contribution in [0.1, 0.15) is 41.9 Å². The number of hydrazine groups is 1. The number of nitrogens with one attached hydrogen (secondary N) is 2. The highest BCUT2D eigenvalue weighted by Gasteiger charge is 2.32. The minimum Gasteiger partial charge on any atom is -0.268 e. The van der Waals surface area contributed by atoms with Crippen LogP contribution in [0.4, 0.5) is 0 Å². The Labute approximate surface area is 150 Å². The molecule has 1 amide bonds. The van der Waals surface area contributed by atoms with Crippen molar-refractivity contribution in [3.63, 3.8) is 0 Å². The Balaban J connectivity index is 2.19. The normalized spacial score (nSPS) is 17.2. The van der Waals surface area contributed by atoms with Crippen molar-refractivity contribution in [2.45, 2.75) is 32.4 Å². The number of rotatable bonds is 5. The molecule has 0 saturated heterocycles. The van der Waals surface area contributed by atoms with E-state index in [0.29, 0.717) is 29.4 Å². The average molecular weight is 362 g/mol. The van der Waals surface area contributed by atoms with Crippen molar-refractivity contribution < 1.29 is 4.79 Å². The van der Waals surface area contributed by atoms with Crippen LogP contribution in [-0.4, -0.2) is 27.2 Å². The summed E-state index contributed by atoms with van der Waals surface area (Å²) in [4.78, 5) is 12.6. The molecule has 0 fully saturated rings. The molecule has 1 aliphatic heterocycles. The van der Waals surface area contributed by atoms with Gasteiger partial charge in [0.25, 0.3) is 5.91 Å². The van der Waals surface area contributed by atoms with Gasteiger partial charge in [-0.15, -0.1) is 0 Å². The molecule has 0 saturated carbocycles. The second kappa shape index (κ2) is 7.30. The molecule has 1 aliphatic rings. The number of nitrogens with zero attached hydrogens (tertiary/aromatic N) is 4. The lowest BCUT2D eigenvalue weighted by Crippen LogP contribution is -2.42. The zero-order valence-corrected chi connectivity index (χ0v) is 14.6. The highest BCUT2D eigenvalue weighted by Crippen LogP contribution is 2.33. The predicted molar refractivity (Wildman–Crippen MR) is 93.8 cm³/mol. The number of benzene rings is 1. The quantitative estimate of drug-likeness (QED) is 0.431. The molecular weight excluding hydrogens is 342 g/mol. The molecule has 0 aliphatic carbocycles. The van der Waals surface area contributed by atoms with Crippen LogP contribution in [-0.2, 0) is 6.54 Å². The summed E-state index contributed by atoms with van der Waals surface area (Å²) in [5.74, 6) is 5.59. The lowest BCUT2D eigenvalue weighted by Gasteiger charge is -2.31. The van der Waals surface area contributed by atoms with E-state index in [4.69, 9.17) is 28.1 Å². The summed E-state index contributed by atoms with van der Waals surface area (Å²) >= 11 is 6.10. The third-order valence-corrected chi connectivity index (χ3v) is 4.49. The molecule has 1 unspecified atom stereocenters. The minimum atomic E-state index is -0.475. The van der Waals surface area contributed by atoms with Gasteiger partial charge in [0.2, 0.25) is 0 Å². The largest absolute Gasteiger partial charge is 0.276 e. The molecule has 132 valence electrons. The third-order valence-electron chi connectivity index (χ3n) is 4.26. The molecular formula is C16H20ClN7O. The van der Waals surface area contributed by atoms with Gasteiger partial charge in [0.15, 0.2) is 0 Å². The molecule has 1 aromatic heterocycles. The maximum atomic E-state index is 12.6. The van der Waals surface area contributed by atoms with Gasteiger partial charge in [-0.05, 0) is 18.6 Å². The lowest BCUT2D eigenvalue weighted by molar-refractivity contribution is 0.0945. The molecule has 0 radical (unpaired) electrons. The van der Waals surface area contributed by atoms with Crippen LogP contribution in [0.3, 0.4) is 0 Å². The summed E-state index contributed by atoms with van der Waals surface area (Å²) in [6.07, 6.45) is 1.88. The Morgan fingerprint density at radius 3 is 3.04 bits per heavy atom. The smallest absolute Gasteiger partial charge is 0.268 e. The Hall–Kier alpha value is -2.29. The lowest BCUT2D eigenvalue weighted by atomic mass is 10.0. The second-order valence-electron chi connectivity index (χ2n) is 6.05. The van der Waals surface area contributed by atoms with E-state index in [-0.39, 0.29) is 6.04 Å². The van der Waals surface area contributed by atoms with Gasteiger partial charge >= 0.3 is 0 Å². The molecule has 2 aromatic rings. The van der Waals surface area contributed by atoms with Gasteiger partial charge in [0.1, 0.15) is 5.69 Å². The zero-order chi connectivity index (χ0) is 18.0. The van der Waals surface area contributed by atoms with Gasteiger partial charge in [0, 0.05) is 17.1 Å². The fourth-order valence-electron chi connectivity index (χ4n) is 3.26. The number of hydrogen-bond donors (Lipinski definition) is 3. The summed E-state index contributed by atoms with van der Waals surface area (Å²) in [7, 11) is 0. The second-order valence-corrected chi connectivity index (χ2v) is 6.49. The number of aromatic nitrogens is 2. The molecule has 25 heavy (non-hydrogen) atoms. The number of amides is 1. The fraction of sp³-hybridized carbons (Fsp3) is 0.375. The first-order valence-corrected chi connectivity index (χ1v) is 8.46. The molecule has 1 atom stereocenters. The first kappa shape index (κ1) is 17.5. The minimum absolute atomic E-state index is 0.0891. The molecule has 3 rings (SSSR count). The Morgan fingerprint density at radius 1 is 1.56 bits per heavy atom. The first-order valence-electron chi connectivity index (χ1n) is 8.08. The Bertz CT molecular complexity index is 804. The van der Waals surface area contributed by atoms with Gasteiger partial charge in [0.05, 0.1) is 23.8 Å². The third kappa shape index (κ3) is 3.41. The monoisotopic (exact) mass is 361 g/mol. The van der Waals surface area contributed by atoms with Crippen LogP contribution in [0, 0.1) is 5.53 Å². The molecule has 0 spiro atoms. The summed E-state index contributed by atoms with van der Waals surface area (Å²) in [6, 6.07) is 7.28. The maximum absolute atomic E-state index is 12.6. The van der Waals surface area contributed by atoms with E-state index in [1.54, 1.807) is 17.1 Å². The average Bonchev–Trinajstić information content (AvgIpc) is 2.95. The highest BCUT2D eigenvalue weighted by atomic mass is 35.5. The number of halogens is 1. The van der Waals surface area contributed by atoms with Crippen LogP contribution in [0.5, 0.6) is 0 Å². The van der Waals surface area contributed by atoms with Crippen LogP contribution >= 0.6 is 11.6 Å². The summed E-state index contributed by atoms with van der Waals surface area (Å²) < 4.78 is 1.89. The van der Waals surface area contributed by atoms with E-state index >= 15 is 0 Å². The van der Waals surface area contributed by atoms with Gasteiger partial charge in [-0.2, -0.15) is 10.6 Å². The van der Waals surface area contributed by atoms with Crippen molar-refractivity contribution in [2.75, 3.05) is 6.54 Å². The van der Waals surface area contributed by atoms with E-state index in [2.05, 4.69) is 17.6 Å². The van der Waals surface area contributed by atoms with Crippen molar-refractivity contribution in [1.29, 1.82) is 5.53 Å². The standard InChI is InChI=1S/C16H20ClN7O/c1-2-4-12-8-23(19)9-13-14(16(25)20-22-18)15(21-24(12)13)10-5-3-6-11(17)7-10/h3,5-7,12H,2,4,8-9,19H2,1H3,(H2,18,20,25). The summed E-state index contributed by atoms with van der Waals surface area (Å²) in [6.45, 7) is 3.17. The molecule has 2 heterocycles. The number of carbonyl (C=O) groups is 1. The predicted octanol–water partition coefficient (Wildman–Crippen LogP) is 2.91. The summed E-state index contributed by atoms with van der Waals surface area (Å²) in [5.41, 5.74) is 11.5. The van der Waals surface area contributed by atoms with Gasteiger partial charge < -0.3 is 0 Å². The van der Waals surface area contributed by atoms with Crippen molar-refractivity contribution >= 4 is 17.5 Å². The van der Waals surface area contributed by atoms with Crippen LogP contribution in [0.25, 0.3) is 11.3 Å². The van der Waals surface area contributed by atoms with Crippen LogP contribution < -0.4 is 11.3 Å². The first-order chi connectivity index (χ1) is 12.0. The topological polar surface area (TPSA) is 112 Å². The molecule has 4 N–H and O–H groups in total. The number of hydrogen-bond acceptors (Lipinski definition) is 6. The summed E-state index contributed by atoms with van der Waals surface area (Å²) in [5, 5.41) is 9.97. The Kier molecular flexibility index (Phi) is 5.12. The zero-order valence-electron chi connectivity index (χ0n) is 13.9.